The van der Waals surface area contributed by atoms with Gasteiger partial charge in [0.15, 0.2) is 0 Å². The molecule has 1 aliphatic rings. The maximum absolute atomic E-state index is 12.6. The molecule has 1 amide bonds. The fourth-order valence-corrected chi connectivity index (χ4v) is 2.99. The number of carbonyl (C=O) groups is 1. The minimum absolute atomic E-state index is 0.00491. The lowest BCUT2D eigenvalue weighted by molar-refractivity contribution is -0.00974. The molecule has 4 nitrogen and oxygen atoms in total. The average molecular weight is 350 g/mol. The molecule has 0 aliphatic carbocycles. The minimum Gasteiger partial charge on any atom is -0.506 e. The molecule has 1 saturated heterocycles. The second kappa shape index (κ2) is 6.03. The van der Waals surface area contributed by atoms with Crippen molar-refractivity contribution < 1.29 is 14.6 Å². The van der Waals surface area contributed by atoms with Crippen LogP contribution < -0.4 is 0 Å². The third-order valence-corrected chi connectivity index (χ3v) is 4.45. The van der Waals surface area contributed by atoms with Gasteiger partial charge in [-0.15, -0.1) is 0 Å². The molecule has 0 bridgehead atoms. The van der Waals surface area contributed by atoms with E-state index in [1.165, 1.54) is 0 Å². The number of carbonyl (C=O) groups excluding carboxylic acids is 1. The summed E-state index contributed by atoms with van der Waals surface area (Å²) in [5, 5.41) is 12.7. The maximum Gasteiger partial charge on any atom is 0.257 e. The monoisotopic (exact) mass is 349 g/mol. The van der Waals surface area contributed by atoms with Gasteiger partial charge < -0.3 is 14.7 Å². The first-order chi connectivity index (χ1) is 10.2. The van der Waals surface area contributed by atoms with E-state index >= 15 is 0 Å². The van der Waals surface area contributed by atoms with Crippen LogP contribution in [0.2, 0.25) is 0 Å². The second-order valence-corrected chi connectivity index (χ2v) is 5.73. The zero-order valence-corrected chi connectivity index (χ0v) is 13.0. The lowest BCUT2D eigenvalue weighted by Crippen LogP contribution is -2.46. The fourth-order valence-electron chi connectivity index (χ4n) is 2.60. The normalized spacial score (nSPS) is 18.9. The number of nitrogens with zero attached hydrogens (tertiary/aromatic N) is 1. The standard InChI is InChI=1S/C16H16BrNO3/c17-9-12-10-18(7-8-21-12)16(20)14-6-5-11-3-1-2-4-13(11)15(14)19/h1-6,12,19H,7-10H2. The van der Waals surface area contributed by atoms with Crippen LogP contribution in [-0.4, -0.2) is 47.0 Å². The first kappa shape index (κ1) is 14.4. The number of aromatic hydroxyl groups is 1. The number of rotatable bonds is 2. The third kappa shape index (κ3) is 2.76. The van der Waals surface area contributed by atoms with Gasteiger partial charge in [0, 0.05) is 23.8 Å². The number of fused-ring (bicyclic) bond motifs is 1. The lowest BCUT2D eigenvalue weighted by Gasteiger charge is -2.32. The number of phenols is 1. The summed E-state index contributed by atoms with van der Waals surface area (Å²) < 4.78 is 5.54. The van der Waals surface area contributed by atoms with E-state index in [-0.39, 0.29) is 17.8 Å². The maximum atomic E-state index is 12.6. The highest BCUT2D eigenvalue weighted by Gasteiger charge is 2.26. The summed E-state index contributed by atoms with van der Waals surface area (Å²) in [6, 6.07) is 11.1. The molecule has 1 fully saturated rings. The van der Waals surface area contributed by atoms with E-state index in [0.717, 1.165) is 5.39 Å². The molecular formula is C16H16BrNO3. The molecule has 3 rings (SSSR count). The minimum atomic E-state index is -0.146. The van der Waals surface area contributed by atoms with Crippen molar-refractivity contribution in [1.29, 1.82) is 0 Å². The summed E-state index contributed by atoms with van der Waals surface area (Å²) in [6.45, 7) is 1.61. The van der Waals surface area contributed by atoms with Crippen molar-refractivity contribution in [2.24, 2.45) is 0 Å². The Kier molecular flexibility index (Phi) is 4.12. The van der Waals surface area contributed by atoms with Gasteiger partial charge in [0.05, 0.1) is 18.3 Å². The van der Waals surface area contributed by atoms with Crippen LogP contribution in [0.3, 0.4) is 0 Å². The van der Waals surface area contributed by atoms with E-state index in [9.17, 15) is 9.90 Å². The molecule has 0 saturated carbocycles. The number of hydrogen-bond acceptors (Lipinski definition) is 3. The zero-order valence-electron chi connectivity index (χ0n) is 11.5. The van der Waals surface area contributed by atoms with Crippen molar-refractivity contribution in [2.45, 2.75) is 6.10 Å². The van der Waals surface area contributed by atoms with Crippen LogP contribution in [0.1, 0.15) is 10.4 Å². The summed E-state index contributed by atoms with van der Waals surface area (Å²) in [7, 11) is 0. The van der Waals surface area contributed by atoms with E-state index in [1.807, 2.05) is 30.3 Å². The Bertz CT molecular complexity index is 674. The van der Waals surface area contributed by atoms with E-state index < -0.39 is 0 Å². The highest BCUT2D eigenvalue weighted by atomic mass is 79.9. The Balaban J connectivity index is 1.92. The molecule has 1 aliphatic heterocycles. The van der Waals surface area contributed by atoms with E-state index in [0.29, 0.717) is 36.0 Å². The van der Waals surface area contributed by atoms with Gasteiger partial charge in [0.2, 0.25) is 0 Å². The van der Waals surface area contributed by atoms with Gasteiger partial charge in [-0.3, -0.25) is 4.79 Å². The quantitative estimate of drug-likeness (QED) is 0.848. The Hall–Kier alpha value is -1.59. The molecule has 110 valence electrons. The highest BCUT2D eigenvalue weighted by molar-refractivity contribution is 9.09. The molecule has 5 heteroatoms. The number of halogens is 1. The molecule has 0 aromatic heterocycles. The van der Waals surface area contributed by atoms with E-state index in [2.05, 4.69) is 15.9 Å². The number of hydrogen-bond donors (Lipinski definition) is 1. The average Bonchev–Trinajstić information content (AvgIpc) is 2.55. The summed E-state index contributed by atoms with van der Waals surface area (Å²) in [4.78, 5) is 14.4. The molecular weight excluding hydrogens is 334 g/mol. The van der Waals surface area contributed by atoms with Gasteiger partial charge in [0.25, 0.3) is 5.91 Å². The lowest BCUT2D eigenvalue weighted by atomic mass is 10.0. The summed E-state index contributed by atoms with van der Waals surface area (Å²) in [6.07, 6.45) is 0.00491. The molecule has 1 N–H and O–H groups in total. The molecule has 2 aromatic carbocycles. The van der Waals surface area contributed by atoms with E-state index in [4.69, 9.17) is 4.74 Å². The van der Waals surface area contributed by atoms with Crippen molar-refractivity contribution in [3.05, 3.63) is 42.0 Å². The number of alkyl halides is 1. The van der Waals surface area contributed by atoms with Crippen molar-refractivity contribution in [3.8, 4) is 5.75 Å². The second-order valence-electron chi connectivity index (χ2n) is 5.08. The number of phenolic OH excluding ortho intramolecular Hbond substituents is 1. The van der Waals surface area contributed by atoms with Crippen LogP contribution in [0.5, 0.6) is 5.75 Å². The van der Waals surface area contributed by atoms with Gasteiger partial charge in [-0.2, -0.15) is 0 Å². The van der Waals surface area contributed by atoms with Crippen LogP contribution in [0.25, 0.3) is 10.8 Å². The highest BCUT2D eigenvalue weighted by Crippen LogP contribution is 2.29. The molecule has 1 atom stereocenters. The predicted octanol–water partition coefficient (Wildman–Crippen LogP) is 2.78. The third-order valence-electron chi connectivity index (χ3n) is 3.73. The zero-order chi connectivity index (χ0) is 14.8. The molecule has 0 spiro atoms. The largest absolute Gasteiger partial charge is 0.506 e. The molecule has 1 heterocycles. The Morgan fingerprint density at radius 3 is 2.95 bits per heavy atom. The Labute approximate surface area is 131 Å². The first-order valence-corrected chi connectivity index (χ1v) is 8.00. The van der Waals surface area contributed by atoms with Crippen LogP contribution >= 0.6 is 15.9 Å². The van der Waals surface area contributed by atoms with Crippen LogP contribution in [0.15, 0.2) is 36.4 Å². The van der Waals surface area contributed by atoms with Gasteiger partial charge >= 0.3 is 0 Å². The van der Waals surface area contributed by atoms with Crippen LogP contribution in [0, 0.1) is 0 Å². The topological polar surface area (TPSA) is 49.8 Å². The number of benzene rings is 2. The van der Waals surface area contributed by atoms with Gasteiger partial charge in [-0.1, -0.05) is 46.3 Å². The van der Waals surface area contributed by atoms with Crippen LogP contribution in [0.4, 0.5) is 0 Å². The van der Waals surface area contributed by atoms with Gasteiger partial charge in [-0.25, -0.2) is 0 Å². The number of amides is 1. The SMILES string of the molecule is O=C(c1ccc2ccccc2c1O)N1CCOC(CBr)C1. The summed E-state index contributed by atoms with van der Waals surface area (Å²) >= 11 is 3.38. The van der Waals surface area contributed by atoms with Crippen molar-refractivity contribution in [1.82, 2.24) is 4.90 Å². The van der Waals surface area contributed by atoms with Gasteiger partial charge in [0.1, 0.15) is 5.75 Å². The fraction of sp³-hybridized carbons (Fsp3) is 0.312. The van der Waals surface area contributed by atoms with E-state index in [1.54, 1.807) is 11.0 Å². The number of ether oxygens (including phenoxy) is 1. The summed E-state index contributed by atoms with van der Waals surface area (Å²) in [5.41, 5.74) is 0.351. The van der Waals surface area contributed by atoms with Crippen molar-refractivity contribution in [2.75, 3.05) is 25.0 Å². The van der Waals surface area contributed by atoms with Gasteiger partial charge in [-0.05, 0) is 11.5 Å². The van der Waals surface area contributed by atoms with Crippen molar-refractivity contribution in [3.63, 3.8) is 0 Å². The Morgan fingerprint density at radius 2 is 2.14 bits per heavy atom. The number of morpholine rings is 1. The molecule has 2 aromatic rings. The van der Waals surface area contributed by atoms with Crippen LogP contribution in [-0.2, 0) is 4.74 Å². The molecule has 21 heavy (non-hydrogen) atoms. The summed E-state index contributed by atoms with van der Waals surface area (Å²) in [5.74, 6) is -0.0903. The molecule has 0 radical (unpaired) electrons. The first-order valence-electron chi connectivity index (χ1n) is 6.88. The van der Waals surface area contributed by atoms with Crippen molar-refractivity contribution >= 4 is 32.6 Å². The smallest absolute Gasteiger partial charge is 0.257 e. The molecule has 1 unspecified atom stereocenters. The Morgan fingerprint density at radius 1 is 1.33 bits per heavy atom. The predicted molar refractivity (Wildman–Crippen MR) is 85.1 cm³/mol.